The van der Waals surface area contributed by atoms with Crippen LogP contribution in [-0.4, -0.2) is 79.1 Å². The molecule has 8 nitrogen and oxygen atoms in total. The number of carbonyl (C=O) groups is 4. The van der Waals surface area contributed by atoms with Crippen molar-refractivity contribution in [3.05, 3.63) is 58.7 Å². The number of carboxylic acids is 2. The summed E-state index contributed by atoms with van der Waals surface area (Å²) < 4.78 is 0. The third kappa shape index (κ3) is 5.66. The van der Waals surface area contributed by atoms with Gasteiger partial charge in [-0.1, -0.05) is 44.8 Å². The van der Waals surface area contributed by atoms with E-state index in [1.165, 1.54) is 54.9 Å². The first kappa shape index (κ1) is 26.8. The largest absolute Gasteiger partial charge is 0.480 e. The summed E-state index contributed by atoms with van der Waals surface area (Å²) in [6.07, 6.45) is 0. The number of rotatable bonds is 7. The van der Waals surface area contributed by atoms with Crippen molar-refractivity contribution in [1.82, 2.24) is 9.80 Å². The number of nitrogens with zero attached hydrogens (tertiary/aromatic N) is 2. The molecule has 190 valence electrons. The summed E-state index contributed by atoms with van der Waals surface area (Å²) >= 11 is 2.82. The van der Waals surface area contributed by atoms with Crippen LogP contribution in [0.1, 0.15) is 31.8 Å². The Morgan fingerprint density at radius 3 is 1.50 bits per heavy atom. The molecule has 4 rings (SSSR count). The normalized spacial score (nSPS) is 19.5. The standard InChI is InChI=1S/C24H24N2O6S4/c1-13-3-5-19(15(7-13)21(27)25-11-33-9-17(25)23(29)30)35-36-20-6-4-14(2)8-16(20)22(28)26-12-34-10-18(26)24(31)32/h3-8,17-18H,9-12H2,1-2H3,(H,29,30)(H,31,32). The lowest BCUT2D eigenvalue weighted by Crippen LogP contribution is -2.42. The molecule has 2 atom stereocenters. The molecule has 36 heavy (non-hydrogen) atoms. The summed E-state index contributed by atoms with van der Waals surface area (Å²) in [6, 6.07) is 9.20. The lowest BCUT2D eigenvalue weighted by Gasteiger charge is -2.23. The van der Waals surface area contributed by atoms with Gasteiger partial charge in [0.15, 0.2) is 0 Å². The first-order valence-corrected chi connectivity index (χ1v) is 15.4. The summed E-state index contributed by atoms with van der Waals surface area (Å²) in [5.41, 5.74) is 2.60. The van der Waals surface area contributed by atoms with Crippen molar-refractivity contribution in [2.75, 3.05) is 23.3 Å². The third-order valence-electron chi connectivity index (χ3n) is 5.81. The number of aryl methyl sites for hydroxylation is 2. The average Bonchev–Trinajstić information content (AvgIpc) is 3.53. The van der Waals surface area contributed by atoms with Gasteiger partial charge < -0.3 is 20.0 Å². The fraction of sp³-hybridized carbons (Fsp3) is 0.333. The molecule has 0 aromatic heterocycles. The predicted molar refractivity (Wildman–Crippen MR) is 144 cm³/mol. The van der Waals surface area contributed by atoms with Gasteiger partial charge >= 0.3 is 11.9 Å². The van der Waals surface area contributed by atoms with Crippen LogP contribution in [-0.2, 0) is 9.59 Å². The second-order valence-electron chi connectivity index (χ2n) is 8.42. The van der Waals surface area contributed by atoms with Crippen LogP contribution in [0.5, 0.6) is 0 Å². The Labute approximate surface area is 225 Å². The minimum atomic E-state index is -1.02. The zero-order valence-electron chi connectivity index (χ0n) is 19.5. The van der Waals surface area contributed by atoms with Crippen LogP contribution in [0.15, 0.2) is 46.2 Å². The van der Waals surface area contributed by atoms with Crippen molar-refractivity contribution in [2.24, 2.45) is 0 Å². The van der Waals surface area contributed by atoms with E-state index in [1.54, 1.807) is 12.1 Å². The van der Waals surface area contributed by atoms with Gasteiger partial charge in [0.25, 0.3) is 11.8 Å². The summed E-state index contributed by atoms with van der Waals surface area (Å²) in [4.78, 5) is 54.0. The molecule has 2 aromatic carbocycles. The lowest BCUT2D eigenvalue weighted by molar-refractivity contribution is -0.141. The zero-order valence-corrected chi connectivity index (χ0v) is 22.8. The number of benzene rings is 2. The molecule has 2 heterocycles. The lowest BCUT2D eigenvalue weighted by atomic mass is 10.1. The average molecular weight is 565 g/mol. The Hall–Kier alpha value is -2.28. The molecule has 2 fully saturated rings. The van der Waals surface area contributed by atoms with Crippen molar-refractivity contribution >= 4 is 68.9 Å². The molecule has 0 spiro atoms. The third-order valence-corrected chi connectivity index (χ3v) is 10.3. The van der Waals surface area contributed by atoms with Crippen LogP contribution in [0.2, 0.25) is 0 Å². The van der Waals surface area contributed by atoms with Gasteiger partial charge in [-0.3, -0.25) is 9.59 Å². The highest BCUT2D eigenvalue weighted by molar-refractivity contribution is 8.76. The number of thioether (sulfide) groups is 2. The molecule has 0 radical (unpaired) electrons. The van der Waals surface area contributed by atoms with Crippen molar-refractivity contribution in [3.63, 3.8) is 0 Å². The Morgan fingerprint density at radius 2 is 1.14 bits per heavy atom. The van der Waals surface area contributed by atoms with Crippen molar-refractivity contribution in [3.8, 4) is 0 Å². The van der Waals surface area contributed by atoms with E-state index in [0.29, 0.717) is 44.2 Å². The maximum atomic E-state index is 13.3. The molecule has 2 amide bonds. The Morgan fingerprint density at radius 1 is 0.750 bits per heavy atom. The molecule has 0 bridgehead atoms. The van der Waals surface area contributed by atoms with Crippen molar-refractivity contribution < 1.29 is 29.4 Å². The van der Waals surface area contributed by atoms with Gasteiger partial charge in [-0.05, 0) is 38.1 Å². The second kappa shape index (κ2) is 11.4. The second-order valence-corrected chi connectivity index (χ2v) is 12.6. The number of hydrogen-bond acceptors (Lipinski definition) is 8. The number of amides is 2. The maximum absolute atomic E-state index is 13.3. The molecule has 2 saturated heterocycles. The highest BCUT2D eigenvalue weighted by Gasteiger charge is 2.37. The number of carbonyl (C=O) groups excluding carboxylic acids is 2. The Balaban J connectivity index is 1.59. The monoisotopic (exact) mass is 564 g/mol. The van der Waals surface area contributed by atoms with E-state index in [-0.39, 0.29) is 11.8 Å². The minimum Gasteiger partial charge on any atom is -0.480 e. The highest BCUT2D eigenvalue weighted by atomic mass is 33.1. The molecule has 2 aromatic rings. The molecule has 2 unspecified atom stereocenters. The van der Waals surface area contributed by atoms with E-state index in [0.717, 1.165) is 11.1 Å². The molecule has 2 aliphatic heterocycles. The van der Waals surface area contributed by atoms with Gasteiger partial charge in [-0.15, -0.1) is 23.5 Å². The first-order valence-electron chi connectivity index (χ1n) is 11.0. The van der Waals surface area contributed by atoms with Gasteiger partial charge in [0, 0.05) is 21.3 Å². The Kier molecular flexibility index (Phi) is 8.48. The number of carboxylic acid groups (broad SMARTS) is 2. The van der Waals surface area contributed by atoms with Crippen LogP contribution >= 0.6 is 45.1 Å². The van der Waals surface area contributed by atoms with Gasteiger partial charge in [0.1, 0.15) is 12.1 Å². The minimum absolute atomic E-state index is 0.316. The van der Waals surface area contributed by atoms with Gasteiger partial charge in [0.05, 0.1) is 22.9 Å². The number of aliphatic carboxylic acids is 2. The SMILES string of the molecule is Cc1ccc(SSc2ccc(C)cc2C(=O)N2CSCC2C(=O)O)c(C(=O)N2CSCC2C(=O)O)c1. The zero-order chi connectivity index (χ0) is 26.0. The molecular weight excluding hydrogens is 541 g/mol. The van der Waals surface area contributed by atoms with E-state index in [9.17, 15) is 29.4 Å². The summed E-state index contributed by atoms with van der Waals surface area (Å²) in [6.45, 7) is 3.74. The van der Waals surface area contributed by atoms with Crippen molar-refractivity contribution in [2.45, 2.75) is 35.7 Å². The topological polar surface area (TPSA) is 115 Å². The fourth-order valence-electron chi connectivity index (χ4n) is 3.86. The van der Waals surface area contributed by atoms with E-state index in [2.05, 4.69) is 0 Å². The molecule has 0 aliphatic carbocycles. The van der Waals surface area contributed by atoms with E-state index in [1.807, 2.05) is 38.1 Å². The fourth-order valence-corrected chi connectivity index (χ4v) is 8.46. The van der Waals surface area contributed by atoms with Crippen LogP contribution in [0.3, 0.4) is 0 Å². The van der Waals surface area contributed by atoms with Gasteiger partial charge in [-0.2, -0.15) is 0 Å². The predicted octanol–water partition coefficient (Wildman–Crippen LogP) is 4.30. The molecule has 0 saturated carbocycles. The summed E-state index contributed by atoms with van der Waals surface area (Å²) in [7, 11) is 2.63. The quantitative estimate of drug-likeness (QED) is 0.472. The van der Waals surface area contributed by atoms with Crippen LogP contribution in [0.25, 0.3) is 0 Å². The first-order chi connectivity index (χ1) is 17.2. The van der Waals surface area contributed by atoms with Gasteiger partial charge in [-0.25, -0.2) is 9.59 Å². The van der Waals surface area contributed by atoms with E-state index < -0.39 is 24.0 Å². The molecule has 2 N–H and O–H groups in total. The van der Waals surface area contributed by atoms with Crippen LogP contribution in [0.4, 0.5) is 0 Å². The van der Waals surface area contributed by atoms with Crippen LogP contribution in [0, 0.1) is 13.8 Å². The van der Waals surface area contributed by atoms with Crippen LogP contribution < -0.4 is 0 Å². The molecule has 12 heteroatoms. The summed E-state index contributed by atoms with van der Waals surface area (Å²) in [5.74, 6) is -1.38. The van der Waals surface area contributed by atoms with E-state index >= 15 is 0 Å². The van der Waals surface area contributed by atoms with E-state index in [4.69, 9.17) is 0 Å². The Bertz CT molecular complexity index is 1130. The highest BCUT2D eigenvalue weighted by Crippen LogP contribution is 2.42. The molecular formula is C24H24N2O6S4. The maximum Gasteiger partial charge on any atom is 0.327 e. The smallest absolute Gasteiger partial charge is 0.327 e. The molecule has 2 aliphatic rings. The van der Waals surface area contributed by atoms with Crippen molar-refractivity contribution in [1.29, 1.82) is 0 Å². The van der Waals surface area contributed by atoms with Gasteiger partial charge in [0.2, 0.25) is 0 Å². The summed E-state index contributed by atoms with van der Waals surface area (Å²) in [5, 5.41) is 19.0. The number of hydrogen-bond donors (Lipinski definition) is 2.